The summed E-state index contributed by atoms with van der Waals surface area (Å²) in [5.74, 6) is -0.573. The van der Waals surface area contributed by atoms with Crippen LogP contribution in [0.3, 0.4) is 0 Å². The van der Waals surface area contributed by atoms with Gasteiger partial charge in [0.2, 0.25) is 0 Å². The van der Waals surface area contributed by atoms with E-state index >= 15 is 0 Å². The van der Waals surface area contributed by atoms with Crippen LogP contribution < -0.4 is 0 Å². The van der Waals surface area contributed by atoms with Crippen LogP contribution in [0.2, 0.25) is 0 Å². The zero-order valence-electron chi connectivity index (χ0n) is 11.6. The first kappa shape index (κ1) is 12.9. The Labute approximate surface area is 112 Å². The molecule has 1 aliphatic heterocycles. The topological polar surface area (TPSA) is 63.6 Å². The SMILES string of the molecule is CC1=C2C3OC(=O)[C@H](C)C3[C@H](O)C[C@@]2(C)C(=O)CC1. The number of allylic oxidation sites excluding steroid dienone is 1. The molecule has 0 aromatic carbocycles. The highest BCUT2D eigenvalue weighted by atomic mass is 16.6. The maximum absolute atomic E-state index is 12.3. The predicted octanol–water partition coefficient (Wildman–Crippen LogP) is 1.61. The number of carbonyl (C=O) groups is 2. The van der Waals surface area contributed by atoms with E-state index in [2.05, 4.69) is 0 Å². The van der Waals surface area contributed by atoms with E-state index in [1.165, 1.54) is 0 Å². The summed E-state index contributed by atoms with van der Waals surface area (Å²) in [5, 5.41) is 10.4. The number of hydrogen-bond donors (Lipinski definition) is 1. The molecule has 2 aliphatic carbocycles. The molecule has 0 amide bonds. The number of rotatable bonds is 0. The van der Waals surface area contributed by atoms with Crippen molar-refractivity contribution in [3.05, 3.63) is 11.1 Å². The third kappa shape index (κ3) is 1.55. The molecule has 1 saturated heterocycles. The van der Waals surface area contributed by atoms with Gasteiger partial charge in [-0.1, -0.05) is 12.5 Å². The summed E-state index contributed by atoms with van der Waals surface area (Å²) in [6.07, 6.45) is 0.644. The summed E-state index contributed by atoms with van der Waals surface area (Å²) in [7, 11) is 0. The molecule has 5 atom stereocenters. The summed E-state index contributed by atoms with van der Waals surface area (Å²) in [5.41, 5.74) is 1.48. The highest BCUT2D eigenvalue weighted by Gasteiger charge is 2.59. The van der Waals surface area contributed by atoms with Crippen molar-refractivity contribution in [1.29, 1.82) is 0 Å². The summed E-state index contributed by atoms with van der Waals surface area (Å²) in [4.78, 5) is 24.1. The number of aliphatic hydroxyl groups excluding tert-OH is 1. The lowest BCUT2D eigenvalue weighted by molar-refractivity contribution is -0.145. The lowest BCUT2D eigenvalue weighted by Gasteiger charge is -2.46. The Bertz CT molecular complexity index is 492. The van der Waals surface area contributed by atoms with E-state index in [0.717, 1.165) is 17.6 Å². The average Bonchev–Trinajstić information content (AvgIpc) is 2.61. The van der Waals surface area contributed by atoms with Gasteiger partial charge >= 0.3 is 5.97 Å². The molecule has 3 aliphatic rings. The molecule has 1 N–H and O–H groups in total. The van der Waals surface area contributed by atoms with Crippen molar-refractivity contribution in [2.75, 3.05) is 0 Å². The van der Waals surface area contributed by atoms with E-state index in [1.54, 1.807) is 6.92 Å². The minimum atomic E-state index is -0.646. The van der Waals surface area contributed by atoms with E-state index in [9.17, 15) is 14.7 Å². The van der Waals surface area contributed by atoms with Crippen LogP contribution in [0, 0.1) is 17.3 Å². The van der Waals surface area contributed by atoms with Crippen molar-refractivity contribution in [1.82, 2.24) is 0 Å². The van der Waals surface area contributed by atoms with Crippen LogP contribution in [0.5, 0.6) is 0 Å². The summed E-state index contributed by atoms with van der Waals surface area (Å²) in [6.45, 7) is 5.72. The van der Waals surface area contributed by atoms with Gasteiger partial charge in [-0.3, -0.25) is 9.59 Å². The molecule has 4 heteroatoms. The number of carbonyl (C=O) groups excluding carboxylic acids is 2. The number of hydrogen-bond acceptors (Lipinski definition) is 4. The second kappa shape index (κ2) is 3.92. The van der Waals surface area contributed by atoms with Crippen molar-refractivity contribution < 1.29 is 19.4 Å². The minimum Gasteiger partial charge on any atom is -0.457 e. The first-order chi connectivity index (χ1) is 8.86. The highest BCUT2D eigenvalue weighted by Crippen LogP contribution is 2.54. The van der Waals surface area contributed by atoms with Crippen molar-refractivity contribution >= 4 is 11.8 Å². The minimum absolute atomic E-state index is 0.168. The molecule has 0 bridgehead atoms. The summed E-state index contributed by atoms with van der Waals surface area (Å²) >= 11 is 0. The first-order valence-corrected chi connectivity index (χ1v) is 6.98. The van der Waals surface area contributed by atoms with Gasteiger partial charge in [0.15, 0.2) is 0 Å². The molecule has 19 heavy (non-hydrogen) atoms. The van der Waals surface area contributed by atoms with Crippen LogP contribution in [0.15, 0.2) is 11.1 Å². The quantitative estimate of drug-likeness (QED) is 0.533. The van der Waals surface area contributed by atoms with Crippen LogP contribution in [0.1, 0.15) is 40.0 Å². The first-order valence-electron chi connectivity index (χ1n) is 6.98. The second-order valence-electron chi connectivity index (χ2n) is 6.44. The Kier molecular flexibility index (Phi) is 2.65. The van der Waals surface area contributed by atoms with Gasteiger partial charge in [0.1, 0.15) is 11.9 Å². The van der Waals surface area contributed by atoms with Crippen LogP contribution in [0.4, 0.5) is 0 Å². The third-order valence-electron chi connectivity index (χ3n) is 5.28. The molecule has 3 rings (SSSR count). The van der Waals surface area contributed by atoms with Gasteiger partial charge in [0, 0.05) is 12.3 Å². The summed E-state index contributed by atoms with van der Waals surface area (Å²) in [6, 6.07) is 0. The largest absolute Gasteiger partial charge is 0.457 e. The molecule has 0 aromatic heterocycles. The zero-order valence-corrected chi connectivity index (χ0v) is 11.6. The van der Waals surface area contributed by atoms with E-state index in [1.807, 2.05) is 13.8 Å². The molecule has 0 radical (unpaired) electrons. The smallest absolute Gasteiger partial charge is 0.309 e. The van der Waals surface area contributed by atoms with E-state index < -0.39 is 17.6 Å². The molecule has 1 heterocycles. The van der Waals surface area contributed by atoms with Crippen molar-refractivity contribution in [2.24, 2.45) is 17.3 Å². The number of fused-ring (bicyclic) bond motifs is 3. The van der Waals surface area contributed by atoms with Crippen molar-refractivity contribution in [3.63, 3.8) is 0 Å². The molecular formula is C15H20O4. The fourth-order valence-electron chi connectivity index (χ4n) is 4.18. The fraction of sp³-hybridized carbons (Fsp3) is 0.733. The zero-order chi connectivity index (χ0) is 13.9. The van der Waals surface area contributed by atoms with Crippen LogP contribution in [0.25, 0.3) is 0 Å². The predicted molar refractivity (Wildman–Crippen MR) is 68.2 cm³/mol. The van der Waals surface area contributed by atoms with Gasteiger partial charge in [-0.2, -0.15) is 0 Å². The van der Waals surface area contributed by atoms with Gasteiger partial charge in [-0.15, -0.1) is 0 Å². The molecular weight excluding hydrogens is 244 g/mol. The Morgan fingerprint density at radius 2 is 2.00 bits per heavy atom. The van der Waals surface area contributed by atoms with E-state index in [4.69, 9.17) is 4.74 Å². The van der Waals surface area contributed by atoms with Gasteiger partial charge in [0.05, 0.1) is 17.4 Å². The molecule has 1 saturated carbocycles. The van der Waals surface area contributed by atoms with Gasteiger partial charge in [-0.05, 0) is 32.3 Å². The van der Waals surface area contributed by atoms with E-state index in [0.29, 0.717) is 12.8 Å². The van der Waals surface area contributed by atoms with Crippen LogP contribution >= 0.6 is 0 Å². The molecule has 104 valence electrons. The Morgan fingerprint density at radius 1 is 1.32 bits per heavy atom. The molecule has 2 unspecified atom stereocenters. The van der Waals surface area contributed by atoms with Gasteiger partial charge in [-0.25, -0.2) is 0 Å². The third-order valence-corrected chi connectivity index (χ3v) is 5.28. The van der Waals surface area contributed by atoms with Crippen LogP contribution in [-0.2, 0) is 14.3 Å². The Hall–Kier alpha value is -1.16. The second-order valence-corrected chi connectivity index (χ2v) is 6.44. The maximum atomic E-state index is 12.3. The molecule has 2 fully saturated rings. The standard InChI is InChI=1S/C15H20O4/c1-7-4-5-10(17)15(3)6-9(16)11-8(2)14(18)19-13(11)12(7)15/h8-9,11,13,16H,4-6H2,1-3H3/t8-,9-,11?,13?,15+/m1/s1. The lowest BCUT2D eigenvalue weighted by atomic mass is 9.58. The molecule has 4 nitrogen and oxygen atoms in total. The summed E-state index contributed by atoms with van der Waals surface area (Å²) < 4.78 is 5.49. The lowest BCUT2D eigenvalue weighted by Crippen LogP contribution is -2.51. The highest BCUT2D eigenvalue weighted by molar-refractivity contribution is 5.90. The van der Waals surface area contributed by atoms with Gasteiger partial charge in [0.25, 0.3) is 0 Å². The van der Waals surface area contributed by atoms with Crippen molar-refractivity contribution in [2.45, 2.75) is 52.2 Å². The number of ketones is 1. The maximum Gasteiger partial charge on any atom is 0.309 e. The number of esters is 1. The monoisotopic (exact) mass is 264 g/mol. The Morgan fingerprint density at radius 3 is 2.68 bits per heavy atom. The molecule has 0 aromatic rings. The number of Topliss-reactive ketones (excluding diaryl/α,β-unsaturated/α-hetero) is 1. The normalized spacial score (nSPS) is 45.9. The number of aliphatic hydroxyl groups is 1. The fourth-order valence-corrected chi connectivity index (χ4v) is 4.18. The molecule has 0 spiro atoms. The van der Waals surface area contributed by atoms with Crippen molar-refractivity contribution in [3.8, 4) is 0 Å². The van der Waals surface area contributed by atoms with Crippen LogP contribution in [-0.4, -0.2) is 29.1 Å². The average molecular weight is 264 g/mol. The Balaban J connectivity index is 2.12. The van der Waals surface area contributed by atoms with Gasteiger partial charge < -0.3 is 9.84 Å². The van der Waals surface area contributed by atoms with E-state index in [-0.39, 0.29) is 23.6 Å². The number of ether oxygens (including phenoxy) is 1.